The standard InChI is InChI=1S/C17H24N2O4/c1-22-14-6-3-12(11-15(14)23-2)4-7-17(21)19-13-5-8-16(20)18-10-9-13/h3,6,11,13H,4-5,7-10H2,1-2H3,(H,18,20)(H,19,21). The predicted octanol–water partition coefficient (Wildman–Crippen LogP) is 1.42. The molecule has 126 valence electrons. The average Bonchev–Trinajstić information content (AvgIpc) is 2.77. The number of hydrogen-bond acceptors (Lipinski definition) is 4. The summed E-state index contributed by atoms with van der Waals surface area (Å²) in [6, 6.07) is 5.74. The van der Waals surface area contributed by atoms with E-state index in [1.807, 2.05) is 18.2 Å². The summed E-state index contributed by atoms with van der Waals surface area (Å²) in [4.78, 5) is 23.4. The molecule has 0 bridgehead atoms. The van der Waals surface area contributed by atoms with Gasteiger partial charge in [0.15, 0.2) is 11.5 Å². The van der Waals surface area contributed by atoms with E-state index < -0.39 is 0 Å². The molecule has 0 saturated carbocycles. The Morgan fingerprint density at radius 3 is 2.78 bits per heavy atom. The highest BCUT2D eigenvalue weighted by Gasteiger charge is 2.17. The van der Waals surface area contributed by atoms with E-state index in [0.717, 1.165) is 12.0 Å². The second-order valence-corrected chi connectivity index (χ2v) is 5.63. The van der Waals surface area contributed by atoms with Crippen molar-refractivity contribution in [2.45, 2.75) is 38.1 Å². The lowest BCUT2D eigenvalue weighted by atomic mass is 10.1. The first kappa shape index (κ1) is 17.1. The van der Waals surface area contributed by atoms with Gasteiger partial charge in [-0.3, -0.25) is 9.59 Å². The van der Waals surface area contributed by atoms with Crippen LogP contribution in [0.3, 0.4) is 0 Å². The molecule has 1 saturated heterocycles. The Morgan fingerprint density at radius 1 is 1.26 bits per heavy atom. The molecular weight excluding hydrogens is 296 g/mol. The summed E-state index contributed by atoms with van der Waals surface area (Å²) in [6.07, 6.45) is 3.01. The minimum Gasteiger partial charge on any atom is -0.493 e. The second kappa shape index (κ2) is 8.41. The molecule has 0 aliphatic carbocycles. The van der Waals surface area contributed by atoms with E-state index in [4.69, 9.17) is 9.47 Å². The molecule has 1 fully saturated rings. The molecule has 6 heteroatoms. The molecule has 1 aromatic carbocycles. The number of benzene rings is 1. The van der Waals surface area contributed by atoms with Crippen LogP contribution in [0.1, 0.15) is 31.2 Å². The molecule has 2 rings (SSSR count). The molecule has 6 nitrogen and oxygen atoms in total. The van der Waals surface area contributed by atoms with E-state index in [2.05, 4.69) is 10.6 Å². The molecule has 0 radical (unpaired) electrons. The molecule has 1 aliphatic heterocycles. The van der Waals surface area contributed by atoms with E-state index in [9.17, 15) is 9.59 Å². The Bertz CT molecular complexity index is 560. The van der Waals surface area contributed by atoms with Crippen molar-refractivity contribution in [1.82, 2.24) is 10.6 Å². The SMILES string of the molecule is COc1ccc(CCC(=O)NC2CCNC(=O)CC2)cc1OC. The first-order valence-electron chi connectivity index (χ1n) is 7.89. The normalized spacial score (nSPS) is 17.8. The van der Waals surface area contributed by atoms with Crippen LogP contribution in [0.15, 0.2) is 18.2 Å². The molecule has 1 aromatic rings. The number of carbonyl (C=O) groups excluding carboxylic acids is 2. The van der Waals surface area contributed by atoms with E-state index in [0.29, 0.717) is 43.7 Å². The number of hydrogen-bond donors (Lipinski definition) is 2. The number of methoxy groups -OCH3 is 2. The van der Waals surface area contributed by atoms with Crippen molar-refractivity contribution >= 4 is 11.8 Å². The maximum absolute atomic E-state index is 12.1. The van der Waals surface area contributed by atoms with Crippen molar-refractivity contribution in [3.8, 4) is 11.5 Å². The van der Waals surface area contributed by atoms with E-state index in [-0.39, 0.29) is 17.9 Å². The Labute approximate surface area is 136 Å². The highest BCUT2D eigenvalue weighted by Crippen LogP contribution is 2.27. The minimum atomic E-state index is 0.0131. The van der Waals surface area contributed by atoms with Gasteiger partial charge in [0.05, 0.1) is 14.2 Å². The first-order valence-corrected chi connectivity index (χ1v) is 7.89. The van der Waals surface area contributed by atoms with Gasteiger partial charge >= 0.3 is 0 Å². The van der Waals surface area contributed by atoms with Crippen molar-refractivity contribution in [3.05, 3.63) is 23.8 Å². The fraction of sp³-hybridized carbons (Fsp3) is 0.529. The second-order valence-electron chi connectivity index (χ2n) is 5.63. The van der Waals surface area contributed by atoms with Crippen LogP contribution in [-0.4, -0.2) is 38.6 Å². The molecule has 0 spiro atoms. The molecule has 1 atom stereocenters. The van der Waals surface area contributed by atoms with Crippen LogP contribution in [-0.2, 0) is 16.0 Å². The van der Waals surface area contributed by atoms with Gasteiger partial charge < -0.3 is 20.1 Å². The van der Waals surface area contributed by atoms with Crippen molar-refractivity contribution in [2.75, 3.05) is 20.8 Å². The summed E-state index contributed by atoms with van der Waals surface area (Å²) in [5.74, 6) is 1.42. The maximum Gasteiger partial charge on any atom is 0.220 e. The van der Waals surface area contributed by atoms with E-state index >= 15 is 0 Å². The van der Waals surface area contributed by atoms with Gasteiger partial charge in [-0.05, 0) is 37.0 Å². The largest absolute Gasteiger partial charge is 0.493 e. The van der Waals surface area contributed by atoms with Crippen LogP contribution in [0.25, 0.3) is 0 Å². The Morgan fingerprint density at radius 2 is 2.04 bits per heavy atom. The lowest BCUT2D eigenvalue weighted by molar-refractivity contribution is -0.122. The number of nitrogens with one attached hydrogen (secondary N) is 2. The molecule has 2 amide bonds. The zero-order valence-electron chi connectivity index (χ0n) is 13.7. The zero-order valence-corrected chi connectivity index (χ0v) is 13.7. The lowest BCUT2D eigenvalue weighted by Crippen LogP contribution is -2.35. The van der Waals surface area contributed by atoms with E-state index in [1.165, 1.54) is 0 Å². The number of ether oxygens (including phenoxy) is 2. The highest BCUT2D eigenvalue weighted by atomic mass is 16.5. The van der Waals surface area contributed by atoms with Crippen LogP contribution in [0.5, 0.6) is 11.5 Å². The predicted molar refractivity (Wildman–Crippen MR) is 86.7 cm³/mol. The smallest absolute Gasteiger partial charge is 0.220 e. The fourth-order valence-corrected chi connectivity index (χ4v) is 2.66. The van der Waals surface area contributed by atoms with Gasteiger partial charge in [-0.2, -0.15) is 0 Å². The molecule has 1 unspecified atom stereocenters. The summed E-state index contributed by atoms with van der Waals surface area (Å²) in [7, 11) is 3.19. The van der Waals surface area contributed by atoms with Crippen molar-refractivity contribution < 1.29 is 19.1 Å². The fourth-order valence-electron chi connectivity index (χ4n) is 2.66. The van der Waals surface area contributed by atoms with Crippen LogP contribution < -0.4 is 20.1 Å². The van der Waals surface area contributed by atoms with Gasteiger partial charge in [-0.1, -0.05) is 6.07 Å². The third kappa shape index (κ3) is 5.16. The van der Waals surface area contributed by atoms with Gasteiger partial charge in [0.2, 0.25) is 11.8 Å². The molecule has 1 heterocycles. The Balaban J connectivity index is 1.83. The topological polar surface area (TPSA) is 76.7 Å². The molecular formula is C17H24N2O4. The lowest BCUT2D eigenvalue weighted by Gasteiger charge is -2.15. The number of carbonyl (C=O) groups is 2. The van der Waals surface area contributed by atoms with Crippen LogP contribution >= 0.6 is 0 Å². The number of amides is 2. The number of rotatable bonds is 6. The van der Waals surface area contributed by atoms with Crippen LogP contribution in [0.4, 0.5) is 0 Å². The van der Waals surface area contributed by atoms with Gasteiger partial charge in [0.25, 0.3) is 0 Å². The molecule has 0 aromatic heterocycles. The van der Waals surface area contributed by atoms with Gasteiger partial charge in [-0.25, -0.2) is 0 Å². The molecule has 23 heavy (non-hydrogen) atoms. The Hall–Kier alpha value is -2.24. The molecule has 1 aliphatic rings. The van der Waals surface area contributed by atoms with Gasteiger partial charge in [0, 0.05) is 25.4 Å². The third-order valence-electron chi connectivity index (χ3n) is 3.99. The summed E-state index contributed by atoms with van der Waals surface area (Å²) in [6.45, 7) is 0.624. The van der Waals surface area contributed by atoms with Crippen LogP contribution in [0.2, 0.25) is 0 Å². The van der Waals surface area contributed by atoms with Crippen molar-refractivity contribution in [3.63, 3.8) is 0 Å². The zero-order chi connectivity index (χ0) is 16.7. The van der Waals surface area contributed by atoms with Crippen molar-refractivity contribution in [1.29, 1.82) is 0 Å². The molecule has 2 N–H and O–H groups in total. The third-order valence-corrected chi connectivity index (χ3v) is 3.99. The van der Waals surface area contributed by atoms with Gasteiger partial charge in [-0.15, -0.1) is 0 Å². The maximum atomic E-state index is 12.1. The quantitative estimate of drug-likeness (QED) is 0.831. The Kier molecular flexibility index (Phi) is 6.26. The number of aryl methyl sites for hydroxylation is 1. The summed E-state index contributed by atoms with van der Waals surface area (Å²) in [5.41, 5.74) is 1.02. The first-order chi connectivity index (χ1) is 11.1. The summed E-state index contributed by atoms with van der Waals surface area (Å²) in [5, 5.41) is 5.83. The van der Waals surface area contributed by atoms with Crippen LogP contribution in [0, 0.1) is 0 Å². The average molecular weight is 320 g/mol. The highest BCUT2D eigenvalue weighted by molar-refractivity contribution is 5.78. The summed E-state index contributed by atoms with van der Waals surface area (Å²) >= 11 is 0. The monoisotopic (exact) mass is 320 g/mol. The minimum absolute atomic E-state index is 0.0131. The van der Waals surface area contributed by atoms with Crippen molar-refractivity contribution in [2.24, 2.45) is 0 Å². The van der Waals surface area contributed by atoms with E-state index in [1.54, 1.807) is 14.2 Å². The summed E-state index contributed by atoms with van der Waals surface area (Å²) < 4.78 is 10.5. The van der Waals surface area contributed by atoms with Gasteiger partial charge in [0.1, 0.15) is 0 Å².